The zero-order valence-corrected chi connectivity index (χ0v) is 8.93. The van der Waals surface area contributed by atoms with E-state index in [1.807, 2.05) is 0 Å². The molecule has 2 rings (SSSR count). The molecule has 1 aliphatic heterocycles. The van der Waals surface area contributed by atoms with Crippen LogP contribution in [0.3, 0.4) is 0 Å². The highest BCUT2D eigenvalue weighted by atomic mass is 19.1. The number of nitrogens with zero attached hydrogens (tertiary/aromatic N) is 1. The number of benzene rings is 1. The third-order valence-electron chi connectivity index (χ3n) is 2.85. The molecular formula is C11H11FN2O3. The molecule has 2 atom stereocenters. The lowest BCUT2D eigenvalue weighted by Crippen LogP contribution is -2.45. The van der Waals surface area contributed by atoms with Crippen LogP contribution in [0.25, 0.3) is 0 Å². The summed E-state index contributed by atoms with van der Waals surface area (Å²) >= 11 is 0. The monoisotopic (exact) mass is 238 g/mol. The Balaban J connectivity index is 2.32. The Morgan fingerprint density at radius 3 is 2.88 bits per heavy atom. The molecule has 1 N–H and O–H groups in total. The highest BCUT2D eigenvalue weighted by molar-refractivity contribution is 5.77. The first-order valence-electron chi connectivity index (χ1n) is 5.26. The Kier molecular flexibility index (Phi) is 3.03. The number of nitro groups is 1. The predicted octanol–water partition coefficient (Wildman–Crippen LogP) is 1.42. The summed E-state index contributed by atoms with van der Waals surface area (Å²) in [6.45, 7) is 0. The van der Waals surface area contributed by atoms with Gasteiger partial charge in [-0.3, -0.25) is 14.9 Å². The van der Waals surface area contributed by atoms with E-state index in [1.165, 1.54) is 18.2 Å². The fraction of sp³-hybridized carbons (Fsp3) is 0.364. The van der Waals surface area contributed by atoms with Gasteiger partial charge in [0.25, 0.3) is 0 Å². The van der Waals surface area contributed by atoms with Crippen molar-refractivity contribution in [1.82, 2.24) is 5.32 Å². The Labute approximate surface area is 96.8 Å². The molecule has 1 aromatic rings. The van der Waals surface area contributed by atoms with Crippen LogP contribution in [-0.2, 0) is 4.79 Å². The Hall–Kier alpha value is -1.98. The van der Waals surface area contributed by atoms with E-state index in [0.29, 0.717) is 5.56 Å². The predicted molar refractivity (Wildman–Crippen MR) is 57.3 cm³/mol. The molecule has 0 aliphatic carbocycles. The van der Waals surface area contributed by atoms with Crippen molar-refractivity contribution < 1.29 is 14.1 Å². The Morgan fingerprint density at radius 2 is 2.24 bits per heavy atom. The summed E-state index contributed by atoms with van der Waals surface area (Å²) in [5, 5.41) is 13.4. The number of carbonyl (C=O) groups is 1. The average molecular weight is 238 g/mol. The summed E-state index contributed by atoms with van der Waals surface area (Å²) in [7, 11) is 0. The Morgan fingerprint density at radius 1 is 1.47 bits per heavy atom. The van der Waals surface area contributed by atoms with Crippen molar-refractivity contribution in [1.29, 1.82) is 0 Å². The van der Waals surface area contributed by atoms with Crippen molar-refractivity contribution in [3.05, 3.63) is 45.8 Å². The second kappa shape index (κ2) is 4.48. The van der Waals surface area contributed by atoms with Crippen molar-refractivity contribution in [3.8, 4) is 0 Å². The lowest BCUT2D eigenvalue weighted by atomic mass is 9.92. The molecule has 1 heterocycles. The number of rotatable bonds is 2. The molecule has 90 valence electrons. The SMILES string of the molecule is O=C1CC[C@@H]([N+](=O)[O-])[C@@H](c2cccc(F)c2)N1. The van der Waals surface area contributed by atoms with Crippen molar-refractivity contribution in [3.63, 3.8) is 0 Å². The van der Waals surface area contributed by atoms with E-state index in [4.69, 9.17) is 0 Å². The van der Waals surface area contributed by atoms with Crippen LogP contribution in [0.15, 0.2) is 24.3 Å². The molecule has 1 saturated heterocycles. The lowest BCUT2D eigenvalue weighted by Gasteiger charge is -2.26. The van der Waals surface area contributed by atoms with Crippen LogP contribution in [0.1, 0.15) is 24.4 Å². The quantitative estimate of drug-likeness (QED) is 0.625. The van der Waals surface area contributed by atoms with Gasteiger partial charge in [0.1, 0.15) is 11.9 Å². The van der Waals surface area contributed by atoms with E-state index in [2.05, 4.69) is 5.32 Å². The van der Waals surface area contributed by atoms with Crippen LogP contribution in [-0.4, -0.2) is 16.9 Å². The molecule has 0 bridgehead atoms. The molecule has 1 fully saturated rings. The number of carbonyl (C=O) groups excluding carboxylic acids is 1. The largest absolute Gasteiger partial charge is 0.343 e. The molecule has 1 amide bonds. The summed E-state index contributed by atoms with van der Waals surface area (Å²) < 4.78 is 13.1. The van der Waals surface area contributed by atoms with E-state index in [1.54, 1.807) is 6.07 Å². The number of hydrogen-bond acceptors (Lipinski definition) is 3. The van der Waals surface area contributed by atoms with Gasteiger partial charge in [-0.05, 0) is 17.7 Å². The molecule has 6 heteroatoms. The first-order chi connectivity index (χ1) is 8.08. The Bertz CT molecular complexity index is 464. The molecule has 0 spiro atoms. The maximum atomic E-state index is 13.1. The summed E-state index contributed by atoms with van der Waals surface area (Å²) in [5.41, 5.74) is 0.430. The van der Waals surface area contributed by atoms with E-state index in [0.717, 1.165) is 0 Å². The second-order valence-corrected chi connectivity index (χ2v) is 3.99. The van der Waals surface area contributed by atoms with Gasteiger partial charge in [0.05, 0.1) is 0 Å². The molecule has 0 radical (unpaired) electrons. The van der Waals surface area contributed by atoms with Crippen molar-refractivity contribution in [2.75, 3.05) is 0 Å². The topological polar surface area (TPSA) is 72.2 Å². The van der Waals surface area contributed by atoms with Gasteiger partial charge in [0, 0.05) is 17.8 Å². The molecule has 1 aromatic carbocycles. The molecule has 1 aliphatic rings. The van der Waals surface area contributed by atoms with Gasteiger partial charge in [-0.1, -0.05) is 12.1 Å². The van der Waals surface area contributed by atoms with Crippen LogP contribution in [0.2, 0.25) is 0 Å². The van der Waals surface area contributed by atoms with Gasteiger partial charge in [-0.25, -0.2) is 4.39 Å². The van der Waals surface area contributed by atoms with Crippen LogP contribution in [0.4, 0.5) is 4.39 Å². The van der Waals surface area contributed by atoms with Gasteiger partial charge in [0.15, 0.2) is 0 Å². The minimum atomic E-state index is -0.894. The molecule has 0 unspecified atom stereocenters. The molecule has 17 heavy (non-hydrogen) atoms. The van der Waals surface area contributed by atoms with Crippen LogP contribution in [0, 0.1) is 15.9 Å². The van der Waals surface area contributed by atoms with Crippen LogP contribution in [0.5, 0.6) is 0 Å². The number of hydrogen-bond donors (Lipinski definition) is 1. The average Bonchev–Trinajstić information content (AvgIpc) is 2.28. The number of halogens is 1. The lowest BCUT2D eigenvalue weighted by molar-refractivity contribution is -0.529. The second-order valence-electron chi connectivity index (χ2n) is 3.99. The number of nitrogens with one attached hydrogen (secondary N) is 1. The summed E-state index contributed by atoms with van der Waals surface area (Å²) in [4.78, 5) is 21.7. The first kappa shape index (κ1) is 11.5. The van der Waals surface area contributed by atoms with E-state index < -0.39 is 22.8 Å². The molecule has 0 aromatic heterocycles. The minimum Gasteiger partial charge on any atom is -0.343 e. The zero-order chi connectivity index (χ0) is 12.4. The van der Waals surface area contributed by atoms with E-state index in [9.17, 15) is 19.3 Å². The van der Waals surface area contributed by atoms with Gasteiger partial charge in [-0.15, -0.1) is 0 Å². The summed E-state index contributed by atoms with van der Waals surface area (Å²) in [6, 6.07) is 3.89. The molecule has 0 saturated carbocycles. The smallest absolute Gasteiger partial charge is 0.237 e. The van der Waals surface area contributed by atoms with Crippen LogP contribution >= 0.6 is 0 Å². The van der Waals surface area contributed by atoms with E-state index >= 15 is 0 Å². The normalized spacial score (nSPS) is 24.2. The highest BCUT2D eigenvalue weighted by Crippen LogP contribution is 2.26. The maximum Gasteiger partial charge on any atom is 0.237 e. The third-order valence-corrected chi connectivity index (χ3v) is 2.85. The van der Waals surface area contributed by atoms with Gasteiger partial charge in [-0.2, -0.15) is 0 Å². The first-order valence-corrected chi connectivity index (χ1v) is 5.26. The fourth-order valence-corrected chi connectivity index (χ4v) is 2.02. The van der Waals surface area contributed by atoms with Crippen molar-refractivity contribution in [2.24, 2.45) is 0 Å². The van der Waals surface area contributed by atoms with Gasteiger partial charge >= 0.3 is 0 Å². The fourth-order valence-electron chi connectivity index (χ4n) is 2.02. The molecular weight excluding hydrogens is 227 g/mol. The zero-order valence-electron chi connectivity index (χ0n) is 8.93. The third kappa shape index (κ3) is 2.41. The summed E-state index contributed by atoms with van der Waals surface area (Å²) in [6.07, 6.45) is 0.317. The van der Waals surface area contributed by atoms with Gasteiger partial charge in [0.2, 0.25) is 11.9 Å². The van der Waals surface area contributed by atoms with E-state index in [-0.39, 0.29) is 18.7 Å². The number of amides is 1. The van der Waals surface area contributed by atoms with Crippen molar-refractivity contribution >= 4 is 5.91 Å². The van der Waals surface area contributed by atoms with Gasteiger partial charge < -0.3 is 5.32 Å². The number of piperidine rings is 1. The standard InChI is InChI=1S/C11H11FN2O3/c12-8-3-1-2-7(6-8)11-9(14(16)17)4-5-10(15)13-11/h1-3,6,9,11H,4-5H2,(H,13,15)/t9-,11-/m1/s1. The van der Waals surface area contributed by atoms with Crippen molar-refractivity contribution in [2.45, 2.75) is 24.9 Å². The molecule has 5 nitrogen and oxygen atoms in total. The summed E-state index contributed by atoms with van der Waals surface area (Å²) in [5.74, 6) is -0.707. The maximum absolute atomic E-state index is 13.1. The highest BCUT2D eigenvalue weighted by Gasteiger charge is 2.38. The van der Waals surface area contributed by atoms with Crippen LogP contribution < -0.4 is 5.32 Å². The minimum absolute atomic E-state index is 0.136.